The number of hydrogen-bond donors (Lipinski definition) is 0. The van der Waals surface area contributed by atoms with Crippen LogP contribution in [0.4, 0.5) is 0 Å². The normalized spacial score (nSPS) is 11.1. The number of hydrogen-bond acceptors (Lipinski definition) is 4. The maximum atomic E-state index is 11.6. The molecule has 4 nitrogen and oxygen atoms in total. The summed E-state index contributed by atoms with van der Waals surface area (Å²) >= 11 is 0. The number of unbranched alkanes of at least 4 members (excludes halogenated alkanes) is 2. The first-order valence-corrected chi connectivity index (χ1v) is 7.17. The lowest BCUT2D eigenvalue weighted by Gasteiger charge is -2.13. The molecule has 0 fully saturated rings. The highest BCUT2D eigenvalue weighted by Gasteiger charge is 2.12. The van der Waals surface area contributed by atoms with Gasteiger partial charge in [-0.05, 0) is 30.5 Å². The molecule has 116 valence electrons. The number of rotatable bonds is 8. The number of esters is 1. The third-order valence-electron chi connectivity index (χ3n) is 3.30. The molecule has 0 aromatic heterocycles. The molecule has 0 aliphatic rings. The van der Waals surface area contributed by atoms with Gasteiger partial charge in [0, 0.05) is 17.7 Å². The van der Waals surface area contributed by atoms with Gasteiger partial charge in [-0.2, -0.15) is 0 Å². The predicted molar refractivity (Wildman–Crippen MR) is 83.7 cm³/mol. The van der Waals surface area contributed by atoms with E-state index in [1.54, 1.807) is 20.3 Å². The fourth-order valence-corrected chi connectivity index (χ4v) is 2.12. The van der Waals surface area contributed by atoms with Gasteiger partial charge in [0.05, 0.1) is 21.3 Å². The summed E-state index contributed by atoms with van der Waals surface area (Å²) in [5, 5.41) is 0. The van der Waals surface area contributed by atoms with Crippen LogP contribution in [0.25, 0.3) is 5.57 Å². The third kappa shape index (κ3) is 5.14. The molecule has 0 bridgehead atoms. The van der Waals surface area contributed by atoms with Crippen molar-refractivity contribution in [2.75, 3.05) is 21.3 Å². The summed E-state index contributed by atoms with van der Waals surface area (Å²) in [7, 11) is 4.61. The number of benzene rings is 1. The first-order chi connectivity index (χ1) is 10.2. The Balaban J connectivity index is 3.12. The van der Waals surface area contributed by atoms with Gasteiger partial charge < -0.3 is 14.2 Å². The molecule has 0 N–H and O–H groups in total. The van der Waals surface area contributed by atoms with Crippen molar-refractivity contribution in [1.29, 1.82) is 0 Å². The topological polar surface area (TPSA) is 44.8 Å². The highest BCUT2D eigenvalue weighted by molar-refractivity contribution is 5.92. The van der Waals surface area contributed by atoms with Crippen LogP contribution in [0, 0.1) is 0 Å². The SMILES string of the molecule is CCCCC/C(=C/C(=O)OC)c1ccc(OC)cc1OC. The minimum Gasteiger partial charge on any atom is -0.497 e. The molecule has 1 aromatic rings. The van der Waals surface area contributed by atoms with Crippen LogP contribution >= 0.6 is 0 Å². The second-order valence-corrected chi connectivity index (χ2v) is 4.72. The van der Waals surface area contributed by atoms with Crippen LogP contribution in [0.1, 0.15) is 38.2 Å². The second kappa shape index (κ2) is 9.06. The van der Waals surface area contributed by atoms with E-state index < -0.39 is 0 Å². The summed E-state index contributed by atoms with van der Waals surface area (Å²) in [5.41, 5.74) is 1.83. The van der Waals surface area contributed by atoms with Crippen molar-refractivity contribution in [2.24, 2.45) is 0 Å². The van der Waals surface area contributed by atoms with E-state index >= 15 is 0 Å². The van der Waals surface area contributed by atoms with Crippen LogP contribution in [0.3, 0.4) is 0 Å². The van der Waals surface area contributed by atoms with E-state index in [9.17, 15) is 4.79 Å². The van der Waals surface area contributed by atoms with Gasteiger partial charge in [-0.3, -0.25) is 0 Å². The molecular formula is C17H24O4. The monoisotopic (exact) mass is 292 g/mol. The zero-order chi connectivity index (χ0) is 15.7. The maximum Gasteiger partial charge on any atom is 0.330 e. The van der Waals surface area contributed by atoms with Gasteiger partial charge in [-0.15, -0.1) is 0 Å². The van der Waals surface area contributed by atoms with Gasteiger partial charge in [0.15, 0.2) is 0 Å². The minimum atomic E-state index is -0.348. The van der Waals surface area contributed by atoms with E-state index in [-0.39, 0.29) is 5.97 Å². The van der Waals surface area contributed by atoms with Crippen molar-refractivity contribution >= 4 is 11.5 Å². The first kappa shape index (κ1) is 17.1. The average molecular weight is 292 g/mol. The van der Waals surface area contributed by atoms with Crippen molar-refractivity contribution in [3.63, 3.8) is 0 Å². The van der Waals surface area contributed by atoms with Crippen molar-refractivity contribution < 1.29 is 19.0 Å². The predicted octanol–water partition coefficient (Wildman–Crippen LogP) is 3.84. The number of carbonyl (C=O) groups is 1. The van der Waals surface area contributed by atoms with E-state index in [0.29, 0.717) is 5.75 Å². The summed E-state index contributed by atoms with van der Waals surface area (Å²) in [6.45, 7) is 2.15. The van der Waals surface area contributed by atoms with Crippen LogP contribution in [-0.2, 0) is 9.53 Å². The largest absolute Gasteiger partial charge is 0.497 e. The molecule has 1 aromatic carbocycles. The van der Waals surface area contributed by atoms with Gasteiger partial charge in [0.2, 0.25) is 0 Å². The van der Waals surface area contributed by atoms with E-state index in [1.165, 1.54) is 7.11 Å². The number of allylic oxidation sites excluding steroid dienone is 1. The Morgan fingerprint density at radius 1 is 1.14 bits per heavy atom. The zero-order valence-corrected chi connectivity index (χ0v) is 13.3. The Morgan fingerprint density at radius 2 is 1.90 bits per heavy atom. The molecule has 4 heteroatoms. The molecule has 0 saturated carbocycles. The molecular weight excluding hydrogens is 268 g/mol. The van der Waals surface area contributed by atoms with E-state index in [0.717, 1.165) is 42.6 Å². The quantitative estimate of drug-likeness (QED) is 0.415. The third-order valence-corrected chi connectivity index (χ3v) is 3.30. The fourth-order valence-electron chi connectivity index (χ4n) is 2.12. The molecule has 21 heavy (non-hydrogen) atoms. The van der Waals surface area contributed by atoms with Crippen molar-refractivity contribution in [2.45, 2.75) is 32.6 Å². The van der Waals surface area contributed by atoms with Crippen molar-refractivity contribution in [3.8, 4) is 11.5 Å². The molecule has 0 aliphatic carbocycles. The zero-order valence-electron chi connectivity index (χ0n) is 13.3. The summed E-state index contributed by atoms with van der Waals surface area (Å²) < 4.78 is 15.4. The van der Waals surface area contributed by atoms with Crippen LogP contribution in [0.15, 0.2) is 24.3 Å². The van der Waals surface area contributed by atoms with Crippen LogP contribution in [0.5, 0.6) is 11.5 Å². The summed E-state index contributed by atoms with van der Waals surface area (Å²) in [6.07, 6.45) is 5.63. The molecule has 0 spiro atoms. The number of ether oxygens (including phenoxy) is 3. The smallest absolute Gasteiger partial charge is 0.330 e. The molecule has 0 amide bonds. The number of methoxy groups -OCH3 is 3. The molecule has 0 aliphatic heterocycles. The summed E-state index contributed by atoms with van der Waals surface area (Å²) in [5.74, 6) is 1.07. The number of carbonyl (C=O) groups excluding carboxylic acids is 1. The molecule has 0 unspecified atom stereocenters. The van der Waals surface area contributed by atoms with E-state index in [1.807, 2.05) is 18.2 Å². The summed E-state index contributed by atoms with van der Waals surface area (Å²) in [4.78, 5) is 11.6. The lowest BCUT2D eigenvalue weighted by Crippen LogP contribution is -1.99. The van der Waals surface area contributed by atoms with Gasteiger partial charge in [0.1, 0.15) is 11.5 Å². The standard InChI is InChI=1S/C17H24O4/c1-5-6-7-8-13(11-17(18)21-4)15-10-9-14(19-2)12-16(15)20-3/h9-12H,5-8H2,1-4H3/b13-11-. The lowest BCUT2D eigenvalue weighted by molar-refractivity contribution is -0.134. The van der Waals surface area contributed by atoms with Gasteiger partial charge in [-0.25, -0.2) is 4.79 Å². The molecule has 0 saturated heterocycles. The molecule has 1 rings (SSSR count). The second-order valence-electron chi connectivity index (χ2n) is 4.72. The van der Waals surface area contributed by atoms with Crippen LogP contribution in [0.2, 0.25) is 0 Å². The van der Waals surface area contributed by atoms with E-state index in [2.05, 4.69) is 6.92 Å². The Bertz CT molecular complexity index is 492. The summed E-state index contributed by atoms with van der Waals surface area (Å²) in [6, 6.07) is 5.60. The van der Waals surface area contributed by atoms with Gasteiger partial charge in [-0.1, -0.05) is 19.8 Å². The van der Waals surface area contributed by atoms with Gasteiger partial charge >= 0.3 is 5.97 Å². The minimum absolute atomic E-state index is 0.348. The Labute approximate surface area is 126 Å². The molecule has 0 heterocycles. The van der Waals surface area contributed by atoms with Crippen molar-refractivity contribution in [3.05, 3.63) is 29.8 Å². The highest BCUT2D eigenvalue weighted by atomic mass is 16.5. The Morgan fingerprint density at radius 3 is 2.48 bits per heavy atom. The fraction of sp³-hybridized carbons (Fsp3) is 0.471. The first-order valence-electron chi connectivity index (χ1n) is 7.17. The van der Waals surface area contributed by atoms with Gasteiger partial charge in [0.25, 0.3) is 0 Å². The van der Waals surface area contributed by atoms with Crippen LogP contribution in [-0.4, -0.2) is 27.3 Å². The van der Waals surface area contributed by atoms with E-state index in [4.69, 9.17) is 14.2 Å². The average Bonchev–Trinajstić information content (AvgIpc) is 2.53. The Kier molecular flexibility index (Phi) is 7.37. The maximum absolute atomic E-state index is 11.6. The Hall–Kier alpha value is -1.97. The van der Waals surface area contributed by atoms with Crippen LogP contribution < -0.4 is 9.47 Å². The molecule has 0 atom stereocenters. The highest BCUT2D eigenvalue weighted by Crippen LogP contribution is 2.32. The lowest BCUT2D eigenvalue weighted by atomic mass is 9.98. The molecule has 0 radical (unpaired) electrons. The van der Waals surface area contributed by atoms with Crippen molar-refractivity contribution in [1.82, 2.24) is 0 Å².